The molecule has 3 nitrogen and oxygen atoms in total. The molecule has 0 aliphatic carbocycles. The van der Waals surface area contributed by atoms with Crippen LogP contribution < -0.4 is 0 Å². The summed E-state index contributed by atoms with van der Waals surface area (Å²) in [5.74, 6) is -3.07. The molecule has 0 fully saturated rings. The Kier molecular flexibility index (Phi) is 4.26. The lowest BCUT2D eigenvalue weighted by Crippen LogP contribution is -2.47. The molecule has 0 aromatic heterocycles. The Morgan fingerprint density at radius 2 is 1.22 bits per heavy atom. The van der Waals surface area contributed by atoms with Gasteiger partial charge in [-0.05, 0) is 0 Å². The molecule has 0 saturated heterocycles. The molecule has 0 aromatic carbocycles. The van der Waals surface area contributed by atoms with Crippen LogP contribution in [0.4, 0.5) is 39.5 Å². The van der Waals surface area contributed by atoms with Crippen molar-refractivity contribution < 1.29 is 49.0 Å². The van der Waals surface area contributed by atoms with Gasteiger partial charge in [0.15, 0.2) is 0 Å². The molecular weight excluding hydrogens is 289 g/mol. The van der Waals surface area contributed by atoms with Crippen LogP contribution >= 0.6 is 0 Å². The van der Waals surface area contributed by atoms with Gasteiger partial charge < -0.3 is 4.74 Å². The van der Waals surface area contributed by atoms with Crippen LogP contribution in [-0.4, -0.2) is 36.3 Å². The third-order valence-corrected chi connectivity index (χ3v) is 1.31. The van der Waals surface area contributed by atoms with Gasteiger partial charge in [-0.1, -0.05) is 0 Å². The van der Waals surface area contributed by atoms with Crippen LogP contribution in [0.3, 0.4) is 0 Å². The summed E-state index contributed by atoms with van der Waals surface area (Å²) in [7, 11) is 0. The van der Waals surface area contributed by atoms with Gasteiger partial charge in [-0.15, -0.1) is 0 Å². The zero-order chi connectivity index (χ0) is 14.9. The third kappa shape index (κ3) is 4.41. The molecule has 0 unspecified atom stereocenters. The Labute approximate surface area is 92.0 Å². The molecule has 0 atom stereocenters. The fourth-order valence-electron chi connectivity index (χ4n) is 0.601. The van der Waals surface area contributed by atoms with E-state index in [1.807, 2.05) is 0 Å². The van der Waals surface area contributed by atoms with E-state index in [0.717, 1.165) is 0 Å². The Morgan fingerprint density at radius 1 is 0.889 bits per heavy atom. The molecule has 0 aliphatic rings. The predicted octanol–water partition coefficient (Wildman–Crippen LogP) is 2.60. The molecule has 0 bridgehead atoms. The molecule has 1 N–H and O–H groups in total. The number of rotatable bonds is 2. The second kappa shape index (κ2) is 4.65. The minimum Gasteiger partial charge on any atom is -0.438 e. The van der Waals surface area contributed by atoms with E-state index in [4.69, 9.17) is 5.41 Å². The largest absolute Gasteiger partial charge is 0.439 e. The number of ether oxygens (including phenoxy) is 1. The second-order valence-electron chi connectivity index (χ2n) is 2.74. The van der Waals surface area contributed by atoms with Crippen molar-refractivity contribution in [1.29, 1.82) is 5.41 Å². The summed E-state index contributed by atoms with van der Waals surface area (Å²) >= 11 is 0. The molecule has 0 amide bonds. The molecule has 106 valence electrons. The number of hydrogen-bond acceptors (Lipinski definition) is 3. The predicted molar refractivity (Wildman–Crippen MR) is 35.8 cm³/mol. The van der Waals surface area contributed by atoms with Crippen molar-refractivity contribution in [3.8, 4) is 0 Å². The van der Waals surface area contributed by atoms with Crippen LogP contribution in [0, 0.1) is 5.41 Å². The van der Waals surface area contributed by atoms with Gasteiger partial charge in [-0.3, -0.25) is 5.41 Å². The number of hydrogen-bond donors (Lipinski definition) is 1. The summed E-state index contributed by atoms with van der Waals surface area (Å²) in [4.78, 5) is 10.3. The summed E-state index contributed by atoms with van der Waals surface area (Å²) in [6, 6.07) is 0. The van der Waals surface area contributed by atoms with E-state index in [1.165, 1.54) is 0 Å². The Morgan fingerprint density at radius 3 is 1.44 bits per heavy atom. The smallest absolute Gasteiger partial charge is 0.438 e. The van der Waals surface area contributed by atoms with Gasteiger partial charge >= 0.3 is 24.5 Å². The van der Waals surface area contributed by atoms with Gasteiger partial charge in [0, 0.05) is 0 Å². The summed E-state index contributed by atoms with van der Waals surface area (Å²) in [5.41, 5.74) is -2.97. The second-order valence-corrected chi connectivity index (χ2v) is 2.74. The van der Waals surface area contributed by atoms with E-state index >= 15 is 0 Å². The van der Waals surface area contributed by atoms with Crippen molar-refractivity contribution >= 4 is 11.7 Å². The summed E-state index contributed by atoms with van der Waals surface area (Å²) in [6.45, 7) is 0. The lowest BCUT2D eigenvalue weighted by atomic mass is 10.3. The van der Waals surface area contributed by atoms with Gasteiger partial charge in [-0.25, -0.2) is 4.79 Å². The number of carbonyl (C=O) groups is 1. The summed E-state index contributed by atoms with van der Waals surface area (Å²) < 4.78 is 108. The number of esters is 1. The molecule has 0 spiro atoms. The van der Waals surface area contributed by atoms with Crippen molar-refractivity contribution in [2.24, 2.45) is 0 Å². The fraction of sp³-hybridized carbons (Fsp3) is 0.667. The summed E-state index contributed by atoms with van der Waals surface area (Å²) in [5, 5.41) is 6.01. The van der Waals surface area contributed by atoms with Gasteiger partial charge in [0.1, 0.15) is 0 Å². The topological polar surface area (TPSA) is 50.2 Å². The van der Waals surface area contributed by atoms with Crippen LogP contribution in [0.5, 0.6) is 0 Å². The average molecular weight is 291 g/mol. The third-order valence-electron chi connectivity index (χ3n) is 1.31. The number of carbonyl (C=O) groups excluding carboxylic acids is 1. The molecule has 12 heteroatoms. The van der Waals surface area contributed by atoms with Crippen molar-refractivity contribution in [1.82, 2.24) is 0 Å². The van der Waals surface area contributed by atoms with Crippen LogP contribution in [0.15, 0.2) is 0 Å². The molecule has 0 aromatic rings. The van der Waals surface area contributed by atoms with Crippen molar-refractivity contribution in [2.45, 2.75) is 24.6 Å². The number of nitrogens with one attached hydrogen (secondary N) is 1. The standard InChI is InChI=1S/C6H2F9NO2/c7-4(8,9)1(16)2(17)18-3(5(10,11)12)6(13,14)15/h3,16H. The van der Waals surface area contributed by atoms with Gasteiger partial charge in [-0.2, -0.15) is 39.5 Å². The van der Waals surface area contributed by atoms with Crippen molar-refractivity contribution in [2.75, 3.05) is 0 Å². The number of halogens is 9. The maximum Gasteiger partial charge on any atom is 0.439 e. The summed E-state index contributed by atoms with van der Waals surface area (Å²) in [6.07, 6.45) is -22.7. The molecular formula is C6H2F9NO2. The van der Waals surface area contributed by atoms with E-state index in [0.29, 0.717) is 0 Å². The maximum atomic E-state index is 11.8. The first-order valence-electron chi connectivity index (χ1n) is 3.67. The highest BCUT2D eigenvalue weighted by Gasteiger charge is 2.60. The first kappa shape index (κ1) is 16.5. The van der Waals surface area contributed by atoms with Crippen molar-refractivity contribution in [3.63, 3.8) is 0 Å². The van der Waals surface area contributed by atoms with E-state index in [-0.39, 0.29) is 0 Å². The molecule has 0 heterocycles. The highest BCUT2D eigenvalue weighted by Crippen LogP contribution is 2.36. The highest BCUT2D eigenvalue weighted by atomic mass is 19.4. The quantitative estimate of drug-likeness (QED) is 0.483. The van der Waals surface area contributed by atoms with Crippen molar-refractivity contribution in [3.05, 3.63) is 0 Å². The number of alkyl halides is 9. The zero-order valence-corrected chi connectivity index (χ0v) is 7.80. The fourth-order valence-corrected chi connectivity index (χ4v) is 0.601. The average Bonchev–Trinajstić information content (AvgIpc) is 2.07. The molecule has 0 aliphatic heterocycles. The lowest BCUT2D eigenvalue weighted by Gasteiger charge is -2.23. The van der Waals surface area contributed by atoms with Crippen LogP contribution in [0.25, 0.3) is 0 Å². The minimum atomic E-state index is -6.14. The van der Waals surface area contributed by atoms with E-state index in [1.54, 1.807) is 0 Å². The monoisotopic (exact) mass is 291 g/mol. The minimum absolute atomic E-state index is 2.63. The first-order valence-corrected chi connectivity index (χ1v) is 3.67. The Bertz CT molecular complexity index is 324. The van der Waals surface area contributed by atoms with E-state index < -0.39 is 36.3 Å². The van der Waals surface area contributed by atoms with E-state index in [2.05, 4.69) is 4.74 Å². The Balaban J connectivity index is 5.05. The first-order chi connectivity index (χ1) is 7.67. The molecule has 0 saturated carbocycles. The normalized spacial score (nSPS) is 13.7. The Hall–Kier alpha value is -1.49. The zero-order valence-electron chi connectivity index (χ0n) is 7.80. The maximum absolute atomic E-state index is 11.8. The lowest BCUT2D eigenvalue weighted by molar-refractivity contribution is -0.312. The van der Waals surface area contributed by atoms with Gasteiger partial charge in [0.05, 0.1) is 0 Å². The van der Waals surface area contributed by atoms with Crippen LogP contribution in [0.2, 0.25) is 0 Å². The molecule has 0 rings (SSSR count). The van der Waals surface area contributed by atoms with Gasteiger partial charge in [0.2, 0.25) is 5.71 Å². The molecule has 0 radical (unpaired) electrons. The SMILES string of the molecule is N=C(C(=O)OC(C(F)(F)F)C(F)(F)F)C(F)(F)F. The van der Waals surface area contributed by atoms with Gasteiger partial charge in [0.25, 0.3) is 6.10 Å². The van der Waals surface area contributed by atoms with Crippen LogP contribution in [-0.2, 0) is 9.53 Å². The highest BCUT2D eigenvalue weighted by molar-refractivity contribution is 6.37. The molecule has 18 heavy (non-hydrogen) atoms. The van der Waals surface area contributed by atoms with Crippen LogP contribution in [0.1, 0.15) is 0 Å². The van der Waals surface area contributed by atoms with E-state index in [9.17, 15) is 44.3 Å².